The van der Waals surface area contributed by atoms with Crippen molar-refractivity contribution in [1.29, 1.82) is 0 Å². The van der Waals surface area contributed by atoms with Crippen LogP contribution in [-0.4, -0.2) is 4.98 Å². The Morgan fingerprint density at radius 3 is 1.91 bits per heavy atom. The third-order valence-corrected chi connectivity index (χ3v) is 4.97. The van der Waals surface area contributed by atoms with Gasteiger partial charge in [-0.15, -0.1) is 0 Å². The number of aryl methyl sites for hydroxylation is 1. The van der Waals surface area contributed by atoms with Gasteiger partial charge in [0.1, 0.15) is 0 Å². The van der Waals surface area contributed by atoms with E-state index in [1.807, 2.05) is 6.20 Å². The lowest BCUT2D eigenvalue weighted by molar-refractivity contribution is 0.565. The van der Waals surface area contributed by atoms with Crippen molar-refractivity contribution in [1.82, 2.24) is 4.98 Å². The molecule has 1 heteroatoms. The highest BCUT2D eigenvalue weighted by Crippen LogP contribution is 2.27. The molecule has 2 aromatic rings. The zero-order chi connectivity index (χ0) is 16.8. The second kappa shape index (κ2) is 8.29. The third-order valence-electron chi connectivity index (χ3n) is 4.97. The topological polar surface area (TPSA) is 12.9 Å². The van der Waals surface area contributed by atoms with Gasteiger partial charge < -0.3 is 0 Å². The van der Waals surface area contributed by atoms with E-state index in [1.165, 1.54) is 35.2 Å². The van der Waals surface area contributed by atoms with Crippen LogP contribution in [0.1, 0.15) is 87.6 Å². The summed E-state index contributed by atoms with van der Waals surface area (Å²) in [6.07, 6.45) is 5.55. The van der Waals surface area contributed by atoms with Gasteiger partial charge >= 0.3 is 0 Å². The first kappa shape index (κ1) is 17.7. The van der Waals surface area contributed by atoms with Crippen LogP contribution in [0.5, 0.6) is 0 Å². The lowest BCUT2D eigenvalue weighted by atomic mass is 9.90. The van der Waals surface area contributed by atoms with Crippen molar-refractivity contribution >= 4 is 0 Å². The molecule has 0 saturated carbocycles. The molecule has 0 radical (unpaired) electrons. The van der Waals surface area contributed by atoms with Gasteiger partial charge in [-0.2, -0.15) is 0 Å². The smallest absolute Gasteiger partial charge is 0.0431 e. The molecule has 1 heterocycles. The summed E-state index contributed by atoms with van der Waals surface area (Å²) >= 11 is 0. The molecule has 1 aromatic carbocycles. The number of aromatic nitrogens is 1. The van der Waals surface area contributed by atoms with Gasteiger partial charge in [-0.3, -0.25) is 4.98 Å². The molecule has 23 heavy (non-hydrogen) atoms. The van der Waals surface area contributed by atoms with Crippen LogP contribution in [0.4, 0.5) is 0 Å². The van der Waals surface area contributed by atoms with Crippen LogP contribution >= 0.6 is 0 Å². The zero-order valence-corrected chi connectivity index (χ0v) is 15.3. The van der Waals surface area contributed by atoms with Crippen molar-refractivity contribution in [3.63, 3.8) is 0 Å². The lowest BCUT2D eigenvalue weighted by Crippen LogP contribution is -2.02. The van der Waals surface area contributed by atoms with Crippen LogP contribution in [0.25, 0.3) is 0 Å². The standard InChI is InChI=1S/C22H31N/c1-6-19-9-11-20(12-10-19)17(4)7-8-18(5)22-14-13-21(15-23-22)16(2)3/h9-18H,6-8H2,1-5H3. The van der Waals surface area contributed by atoms with Crippen LogP contribution in [-0.2, 0) is 6.42 Å². The van der Waals surface area contributed by atoms with Gasteiger partial charge in [-0.25, -0.2) is 0 Å². The molecule has 0 amide bonds. The van der Waals surface area contributed by atoms with Crippen LogP contribution in [0, 0.1) is 0 Å². The summed E-state index contributed by atoms with van der Waals surface area (Å²) in [5.41, 5.74) is 5.43. The Hall–Kier alpha value is -1.63. The molecule has 0 aliphatic carbocycles. The Balaban J connectivity index is 1.90. The predicted octanol–water partition coefficient (Wildman–Crippen LogP) is 6.45. The lowest BCUT2D eigenvalue weighted by Gasteiger charge is -2.16. The van der Waals surface area contributed by atoms with Crippen LogP contribution < -0.4 is 0 Å². The highest BCUT2D eigenvalue weighted by Gasteiger charge is 2.12. The second-order valence-corrected chi connectivity index (χ2v) is 7.15. The molecule has 124 valence electrons. The quantitative estimate of drug-likeness (QED) is 0.572. The second-order valence-electron chi connectivity index (χ2n) is 7.15. The molecule has 0 bridgehead atoms. The van der Waals surface area contributed by atoms with Gasteiger partial charge in [0.05, 0.1) is 0 Å². The Morgan fingerprint density at radius 1 is 0.783 bits per heavy atom. The maximum atomic E-state index is 4.67. The van der Waals surface area contributed by atoms with E-state index in [2.05, 4.69) is 76.0 Å². The summed E-state index contributed by atoms with van der Waals surface area (Å²) in [7, 11) is 0. The Morgan fingerprint density at radius 2 is 1.39 bits per heavy atom. The normalized spacial score (nSPS) is 14.0. The molecule has 2 unspecified atom stereocenters. The Kier molecular flexibility index (Phi) is 6.38. The maximum absolute atomic E-state index is 4.67. The molecule has 1 nitrogen and oxygen atoms in total. The van der Waals surface area contributed by atoms with Crippen molar-refractivity contribution in [2.75, 3.05) is 0 Å². The summed E-state index contributed by atoms with van der Waals surface area (Å²) < 4.78 is 0. The van der Waals surface area contributed by atoms with E-state index >= 15 is 0 Å². The van der Waals surface area contributed by atoms with Crippen molar-refractivity contribution in [2.24, 2.45) is 0 Å². The van der Waals surface area contributed by atoms with Gasteiger partial charge in [0.15, 0.2) is 0 Å². The van der Waals surface area contributed by atoms with Crippen LogP contribution in [0.15, 0.2) is 42.6 Å². The van der Waals surface area contributed by atoms with Crippen molar-refractivity contribution in [3.8, 4) is 0 Å². The first-order chi connectivity index (χ1) is 11.0. The van der Waals surface area contributed by atoms with Gasteiger partial charge in [-0.05, 0) is 59.8 Å². The highest BCUT2D eigenvalue weighted by atomic mass is 14.7. The molecular formula is C22H31N. The summed E-state index contributed by atoms with van der Waals surface area (Å²) in [5.74, 6) is 1.69. The number of rotatable bonds is 7. The number of nitrogens with zero attached hydrogens (tertiary/aromatic N) is 1. The fourth-order valence-corrected chi connectivity index (χ4v) is 2.95. The predicted molar refractivity (Wildman–Crippen MR) is 100 cm³/mol. The average Bonchev–Trinajstić information content (AvgIpc) is 2.59. The minimum atomic E-state index is 0.522. The molecule has 2 rings (SSSR count). The molecular weight excluding hydrogens is 278 g/mol. The number of hydrogen-bond acceptors (Lipinski definition) is 1. The summed E-state index contributed by atoms with van der Waals surface area (Å²) in [6, 6.07) is 13.6. The third kappa shape index (κ3) is 4.92. The molecule has 0 fully saturated rings. The van der Waals surface area contributed by atoms with E-state index in [9.17, 15) is 0 Å². The van der Waals surface area contributed by atoms with Gasteiger partial charge in [0.25, 0.3) is 0 Å². The van der Waals surface area contributed by atoms with Gasteiger partial charge in [-0.1, -0.05) is 65.0 Å². The van der Waals surface area contributed by atoms with E-state index in [-0.39, 0.29) is 0 Å². The minimum absolute atomic E-state index is 0.522. The van der Waals surface area contributed by atoms with E-state index in [4.69, 9.17) is 0 Å². The molecule has 0 N–H and O–H groups in total. The Bertz CT molecular complexity index is 580. The van der Waals surface area contributed by atoms with E-state index in [1.54, 1.807) is 0 Å². The minimum Gasteiger partial charge on any atom is -0.261 e. The molecule has 0 spiro atoms. The van der Waals surface area contributed by atoms with Gasteiger partial charge in [0, 0.05) is 11.9 Å². The molecule has 1 aromatic heterocycles. The number of hydrogen-bond donors (Lipinski definition) is 0. The van der Waals surface area contributed by atoms with Gasteiger partial charge in [0.2, 0.25) is 0 Å². The SMILES string of the molecule is CCc1ccc(C(C)CCC(C)c2ccc(C(C)C)cn2)cc1. The average molecular weight is 309 g/mol. The Labute approximate surface area is 142 Å². The summed E-state index contributed by atoms with van der Waals surface area (Å²) in [6.45, 7) is 11.3. The number of benzene rings is 1. The van der Waals surface area contributed by atoms with E-state index in [0.29, 0.717) is 17.8 Å². The fraction of sp³-hybridized carbons (Fsp3) is 0.500. The highest BCUT2D eigenvalue weighted by molar-refractivity contribution is 5.25. The summed E-state index contributed by atoms with van der Waals surface area (Å²) in [4.78, 5) is 4.67. The first-order valence-corrected chi connectivity index (χ1v) is 9.06. The molecule has 0 aliphatic rings. The first-order valence-electron chi connectivity index (χ1n) is 9.06. The number of pyridine rings is 1. The van der Waals surface area contributed by atoms with Crippen molar-refractivity contribution < 1.29 is 0 Å². The molecule has 0 saturated heterocycles. The van der Waals surface area contributed by atoms with Crippen LogP contribution in [0.3, 0.4) is 0 Å². The largest absolute Gasteiger partial charge is 0.261 e. The van der Waals surface area contributed by atoms with Crippen molar-refractivity contribution in [3.05, 3.63) is 65.0 Å². The maximum Gasteiger partial charge on any atom is 0.0431 e. The fourth-order valence-electron chi connectivity index (χ4n) is 2.95. The van der Waals surface area contributed by atoms with Crippen LogP contribution in [0.2, 0.25) is 0 Å². The zero-order valence-electron chi connectivity index (χ0n) is 15.3. The van der Waals surface area contributed by atoms with E-state index < -0.39 is 0 Å². The molecule has 2 atom stereocenters. The van der Waals surface area contributed by atoms with Crippen molar-refractivity contribution in [2.45, 2.75) is 71.6 Å². The monoisotopic (exact) mass is 309 g/mol. The molecule has 0 aliphatic heterocycles. The van der Waals surface area contributed by atoms with E-state index in [0.717, 1.165) is 6.42 Å². The summed E-state index contributed by atoms with van der Waals surface area (Å²) in [5, 5.41) is 0.